The van der Waals surface area contributed by atoms with E-state index in [1.807, 2.05) is 35.5 Å². The summed E-state index contributed by atoms with van der Waals surface area (Å²) >= 11 is 3.23. The number of nitrogens with zero attached hydrogens (tertiary/aromatic N) is 3. The minimum atomic E-state index is 0.164. The first-order chi connectivity index (χ1) is 9.24. The minimum absolute atomic E-state index is 0.164. The number of hydrogen-bond donors (Lipinski definition) is 0. The van der Waals surface area contributed by atoms with Crippen molar-refractivity contribution in [3.05, 3.63) is 33.5 Å². The van der Waals surface area contributed by atoms with Crippen LogP contribution in [-0.4, -0.2) is 42.0 Å². The zero-order valence-electron chi connectivity index (χ0n) is 10.7. The van der Waals surface area contributed by atoms with Gasteiger partial charge in [-0.3, -0.25) is 4.79 Å². The van der Waals surface area contributed by atoms with Gasteiger partial charge < -0.3 is 9.80 Å². The maximum atomic E-state index is 12.3. The molecule has 2 aromatic rings. The van der Waals surface area contributed by atoms with Crippen LogP contribution in [0.3, 0.4) is 0 Å². The Balaban J connectivity index is 1.62. The van der Waals surface area contributed by atoms with Crippen LogP contribution in [0, 0.1) is 6.92 Å². The van der Waals surface area contributed by atoms with Gasteiger partial charge in [-0.2, -0.15) is 0 Å². The van der Waals surface area contributed by atoms with Crippen LogP contribution in [0.25, 0.3) is 0 Å². The van der Waals surface area contributed by atoms with Crippen molar-refractivity contribution in [2.45, 2.75) is 6.92 Å². The van der Waals surface area contributed by atoms with Crippen molar-refractivity contribution >= 4 is 33.7 Å². The van der Waals surface area contributed by atoms with Crippen LogP contribution in [0.5, 0.6) is 0 Å². The van der Waals surface area contributed by atoms with E-state index in [0.717, 1.165) is 36.2 Å². The normalized spacial score (nSPS) is 15.8. The number of carbonyl (C=O) groups excluding carboxylic acids is 1. The summed E-state index contributed by atoms with van der Waals surface area (Å²) in [4.78, 5) is 22.8. The first-order valence-electron chi connectivity index (χ1n) is 6.24. The van der Waals surface area contributed by atoms with Gasteiger partial charge in [-0.05, 0) is 19.1 Å². The third-order valence-electron chi connectivity index (χ3n) is 3.21. The Morgan fingerprint density at radius 1 is 1.26 bits per heavy atom. The molecule has 0 saturated carbocycles. The van der Waals surface area contributed by atoms with Crippen LogP contribution in [0.2, 0.25) is 0 Å². The molecule has 1 saturated heterocycles. The van der Waals surface area contributed by atoms with Gasteiger partial charge in [0.2, 0.25) is 0 Å². The summed E-state index contributed by atoms with van der Waals surface area (Å²) in [5.74, 6) is 0.164. The SMILES string of the molecule is Cc1ccc(C(=O)N2CCN(c3nccs3)CC2)s1. The van der Waals surface area contributed by atoms with Gasteiger partial charge >= 0.3 is 0 Å². The average molecular weight is 293 g/mol. The molecule has 4 nitrogen and oxygen atoms in total. The monoisotopic (exact) mass is 293 g/mol. The first-order valence-corrected chi connectivity index (χ1v) is 7.94. The number of aromatic nitrogens is 1. The summed E-state index contributed by atoms with van der Waals surface area (Å²) in [7, 11) is 0. The summed E-state index contributed by atoms with van der Waals surface area (Å²) in [6.07, 6.45) is 1.83. The molecule has 6 heteroatoms. The molecule has 3 heterocycles. The van der Waals surface area contributed by atoms with Crippen LogP contribution in [-0.2, 0) is 0 Å². The van der Waals surface area contributed by atoms with E-state index in [1.54, 1.807) is 22.7 Å². The van der Waals surface area contributed by atoms with Gasteiger partial charge in [0.05, 0.1) is 4.88 Å². The largest absolute Gasteiger partial charge is 0.345 e. The van der Waals surface area contributed by atoms with Gasteiger partial charge in [-0.1, -0.05) is 0 Å². The predicted octanol–water partition coefficient (Wildman–Crippen LogP) is 2.48. The van der Waals surface area contributed by atoms with Crippen LogP contribution in [0.1, 0.15) is 14.5 Å². The molecule has 0 radical (unpaired) electrons. The Bertz CT molecular complexity index is 556. The van der Waals surface area contributed by atoms with Gasteiger partial charge in [-0.15, -0.1) is 22.7 Å². The van der Waals surface area contributed by atoms with Crippen molar-refractivity contribution in [3.63, 3.8) is 0 Å². The Morgan fingerprint density at radius 3 is 2.63 bits per heavy atom. The number of piperazine rings is 1. The molecular weight excluding hydrogens is 278 g/mol. The van der Waals surface area contributed by atoms with Gasteiger partial charge in [-0.25, -0.2) is 4.98 Å². The average Bonchev–Trinajstić information content (AvgIpc) is 3.09. The van der Waals surface area contributed by atoms with Crippen LogP contribution in [0.4, 0.5) is 5.13 Å². The highest BCUT2D eigenvalue weighted by Gasteiger charge is 2.23. The smallest absolute Gasteiger partial charge is 0.264 e. The molecule has 19 heavy (non-hydrogen) atoms. The van der Waals surface area contributed by atoms with E-state index < -0.39 is 0 Å². The van der Waals surface area contributed by atoms with Crippen molar-refractivity contribution in [2.75, 3.05) is 31.1 Å². The maximum absolute atomic E-state index is 12.3. The van der Waals surface area contributed by atoms with E-state index in [9.17, 15) is 4.79 Å². The number of carbonyl (C=O) groups is 1. The van der Waals surface area contributed by atoms with Gasteiger partial charge in [0, 0.05) is 42.6 Å². The first kappa shape index (κ1) is 12.6. The lowest BCUT2D eigenvalue weighted by atomic mass is 10.3. The van der Waals surface area contributed by atoms with Gasteiger partial charge in [0.15, 0.2) is 5.13 Å². The fourth-order valence-electron chi connectivity index (χ4n) is 2.18. The quantitative estimate of drug-likeness (QED) is 0.853. The van der Waals surface area contributed by atoms with Crippen molar-refractivity contribution in [2.24, 2.45) is 0 Å². The number of aryl methyl sites for hydroxylation is 1. The fourth-order valence-corrected chi connectivity index (χ4v) is 3.71. The Hall–Kier alpha value is -1.40. The van der Waals surface area contributed by atoms with Crippen LogP contribution < -0.4 is 4.90 Å². The second kappa shape index (κ2) is 5.30. The van der Waals surface area contributed by atoms with E-state index in [4.69, 9.17) is 0 Å². The second-order valence-electron chi connectivity index (χ2n) is 4.50. The van der Waals surface area contributed by atoms with E-state index in [1.165, 1.54) is 4.88 Å². The van der Waals surface area contributed by atoms with Crippen molar-refractivity contribution < 1.29 is 4.79 Å². The molecular formula is C13H15N3OS2. The molecule has 1 aliphatic rings. The van der Waals surface area contributed by atoms with Crippen molar-refractivity contribution in [1.29, 1.82) is 0 Å². The summed E-state index contributed by atoms with van der Waals surface area (Å²) in [6.45, 7) is 5.31. The number of thiazole rings is 1. The summed E-state index contributed by atoms with van der Waals surface area (Å²) in [5, 5.41) is 3.04. The highest BCUT2D eigenvalue weighted by atomic mass is 32.1. The Kier molecular flexibility index (Phi) is 3.52. The standard InChI is InChI=1S/C13H15N3OS2/c1-10-2-3-11(19-10)12(17)15-5-7-16(8-6-15)13-14-4-9-18-13/h2-4,9H,5-8H2,1H3. The molecule has 0 bridgehead atoms. The van der Waals surface area contributed by atoms with Gasteiger partial charge in [0.1, 0.15) is 0 Å². The number of thiophene rings is 1. The lowest BCUT2D eigenvalue weighted by molar-refractivity contribution is 0.0751. The second-order valence-corrected chi connectivity index (χ2v) is 6.67. The zero-order chi connectivity index (χ0) is 13.2. The van der Waals surface area contributed by atoms with Crippen LogP contribution in [0.15, 0.2) is 23.7 Å². The van der Waals surface area contributed by atoms with Crippen molar-refractivity contribution in [1.82, 2.24) is 9.88 Å². The molecule has 0 atom stereocenters. The molecule has 1 aliphatic heterocycles. The molecule has 0 aliphatic carbocycles. The molecule has 0 N–H and O–H groups in total. The Labute approximate surface area is 120 Å². The lowest BCUT2D eigenvalue weighted by Gasteiger charge is -2.34. The molecule has 0 unspecified atom stereocenters. The third kappa shape index (κ3) is 2.64. The zero-order valence-corrected chi connectivity index (χ0v) is 12.3. The minimum Gasteiger partial charge on any atom is -0.345 e. The van der Waals surface area contributed by atoms with Crippen LogP contribution >= 0.6 is 22.7 Å². The van der Waals surface area contributed by atoms with Crippen molar-refractivity contribution in [3.8, 4) is 0 Å². The molecule has 2 aromatic heterocycles. The molecule has 100 valence electrons. The van der Waals surface area contributed by atoms with E-state index in [-0.39, 0.29) is 5.91 Å². The summed E-state index contributed by atoms with van der Waals surface area (Å²) in [5.41, 5.74) is 0. The van der Waals surface area contributed by atoms with Gasteiger partial charge in [0.25, 0.3) is 5.91 Å². The number of rotatable bonds is 2. The van der Waals surface area contributed by atoms with E-state index in [0.29, 0.717) is 0 Å². The molecule has 0 spiro atoms. The summed E-state index contributed by atoms with van der Waals surface area (Å²) < 4.78 is 0. The highest BCUT2D eigenvalue weighted by molar-refractivity contribution is 7.14. The lowest BCUT2D eigenvalue weighted by Crippen LogP contribution is -2.48. The highest BCUT2D eigenvalue weighted by Crippen LogP contribution is 2.21. The van der Waals surface area contributed by atoms with E-state index >= 15 is 0 Å². The number of hydrogen-bond acceptors (Lipinski definition) is 5. The topological polar surface area (TPSA) is 36.4 Å². The number of amides is 1. The predicted molar refractivity (Wildman–Crippen MR) is 79.3 cm³/mol. The molecule has 1 fully saturated rings. The fraction of sp³-hybridized carbons (Fsp3) is 0.385. The molecule has 0 aromatic carbocycles. The summed E-state index contributed by atoms with van der Waals surface area (Å²) in [6, 6.07) is 3.93. The number of anilines is 1. The maximum Gasteiger partial charge on any atom is 0.264 e. The Morgan fingerprint density at radius 2 is 2.05 bits per heavy atom. The molecule has 3 rings (SSSR count). The molecule has 1 amide bonds. The third-order valence-corrected chi connectivity index (χ3v) is 5.03. The van der Waals surface area contributed by atoms with E-state index in [2.05, 4.69) is 9.88 Å².